The molecule has 0 unspecified atom stereocenters. The van der Waals surface area contributed by atoms with Crippen LogP contribution in [0.25, 0.3) is 0 Å². The molecule has 7 nitrogen and oxygen atoms in total. The quantitative estimate of drug-likeness (QED) is 0.919. The van der Waals surface area contributed by atoms with Crippen LogP contribution < -0.4 is 5.32 Å². The summed E-state index contributed by atoms with van der Waals surface area (Å²) >= 11 is 0. The summed E-state index contributed by atoms with van der Waals surface area (Å²) in [6.07, 6.45) is 0. The van der Waals surface area contributed by atoms with Gasteiger partial charge in [0.15, 0.2) is 5.69 Å². The highest BCUT2D eigenvalue weighted by atomic mass is 16.5. The molecule has 0 radical (unpaired) electrons. The zero-order valence-electron chi connectivity index (χ0n) is 12.9. The maximum atomic E-state index is 12.3. The Kier molecular flexibility index (Phi) is 4.27. The van der Waals surface area contributed by atoms with Gasteiger partial charge in [-0.3, -0.25) is 4.79 Å². The number of amides is 3. The molecular weight excluding hydrogens is 296 g/mol. The second-order valence-electron chi connectivity index (χ2n) is 5.40. The van der Waals surface area contributed by atoms with Gasteiger partial charge in [-0.15, -0.1) is 0 Å². The molecule has 0 aliphatic carbocycles. The number of nitrogens with zero attached hydrogens (tertiary/aromatic N) is 3. The highest BCUT2D eigenvalue weighted by Gasteiger charge is 2.26. The molecule has 1 saturated heterocycles. The first-order chi connectivity index (χ1) is 11.1. The Bertz CT molecular complexity index is 690. The van der Waals surface area contributed by atoms with Crippen LogP contribution in [-0.2, 0) is 0 Å². The first kappa shape index (κ1) is 15.1. The van der Waals surface area contributed by atoms with Gasteiger partial charge in [0.05, 0.1) is 0 Å². The standard InChI is InChI=1S/C16H18N4O3/c1-12-11-14(18-23-12)15(21)19-7-9-20(10-8-19)16(22)17-13-5-3-2-4-6-13/h2-6,11H,7-10H2,1H3,(H,17,22). The third-order valence-electron chi connectivity index (χ3n) is 3.73. The van der Waals surface area contributed by atoms with E-state index >= 15 is 0 Å². The zero-order chi connectivity index (χ0) is 16.2. The van der Waals surface area contributed by atoms with Crippen LogP contribution in [-0.4, -0.2) is 53.1 Å². The predicted molar refractivity (Wildman–Crippen MR) is 84.2 cm³/mol. The summed E-state index contributed by atoms with van der Waals surface area (Å²) in [7, 11) is 0. The van der Waals surface area contributed by atoms with E-state index in [0.29, 0.717) is 37.6 Å². The molecule has 1 aliphatic heterocycles. The highest BCUT2D eigenvalue weighted by Crippen LogP contribution is 2.11. The monoisotopic (exact) mass is 314 g/mol. The zero-order valence-corrected chi connectivity index (χ0v) is 12.9. The van der Waals surface area contributed by atoms with Crippen molar-refractivity contribution in [3.05, 3.63) is 47.9 Å². The van der Waals surface area contributed by atoms with Crippen LogP contribution >= 0.6 is 0 Å². The van der Waals surface area contributed by atoms with E-state index in [0.717, 1.165) is 5.69 Å². The van der Waals surface area contributed by atoms with Crippen molar-refractivity contribution in [3.8, 4) is 0 Å². The second-order valence-corrected chi connectivity index (χ2v) is 5.40. The van der Waals surface area contributed by atoms with Gasteiger partial charge in [0.25, 0.3) is 5.91 Å². The third kappa shape index (κ3) is 3.50. The number of para-hydroxylation sites is 1. The lowest BCUT2D eigenvalue weighted by Crippen LogP contribution is -2.51. The average molecular weight is 314 g/mol. The highest BCUT2D eigenvalue weighted by molar-refractivity contribution is 5.93. The van der Waals surface area contributed by atoms with Crippen molar-refractivity contribution in [2.75, 3.05) is 31.5 Å². The van der Waals surface area contributed by atoms with E-state index in [2.05, 4.69) is 10.5 Å². The Balaban J connectivity index is 1.54. The van der Waals surface area contributed by atoms with Gasteiger partial charge in [-0.1, -0.05) is 23.4 Å². The van der Waals surface area contributed by atoms with Gasteiger partial charge in [-0.25, -0.2) is 4.79 Å². The minimum absolute atomic E-state index is 0.152. The van der Waals surface area contributed by atoms with Crippen molar-refractivity contribution < 1.29 is 14.1 Å². The molecule has 3 rings (SSSR count). The largest absolute Gasteiger partial charge is 0.361 e. The van der Waals surface area contributed by atoms with Crippen LogP contribution in [0.1, 0.15) is 16.2 Å². The number of carbonyl (C=O) groups is 2. The lowest BCUT2D eigenvalue weighted by atomic mass is 10.2. The summed E-state index contributed by atoms with van der Waals surface area (Å²) in [6, 6.07) is 10.8. The molecule has 1 N–H and O–H groups in total. The Hall–Kier alpha value is -2.83. The number of aromatic nitrogens is 1. The van der Waals surface area contributed by atoms with E-state index < -0.39 is 0 Å². The molecule has 7 heteroatoms. The SMILES string of the molecule is Cc1cc(C(=O)N2CCN(C(=O)Nc3ccccc3)CC2)no1. The van der Waals surface area contributed by atoms with Crippen molar-refractivity contribution in [2.24, 2.45) is 0 Å². The lowest BCUT2D eigenvalue weighted by molar-refractivity contribution is 0.0661. The minimum atomic E-state index is -0.162. The van der Waals surface area contributed by atoms with E-state index in [1.807, 2.05) is 30.3 Å². The molecule has 3 amide bonds. The van der Waals surface area contributed by atoms with Gasteiger partial charge in [-0.2, -0.15) is 0 Å². The van der Waals surface area contributed by atoms with E-state index in [1.165, 1.54) is 0 Å². The molecule has 1 aliphatic rings. The van der Waals surface area contributed by atoms with Crippen LogP contribution in [0.2, 0.25) is 0 Å². The smallest absolute Gasteiger partial charge is 0.321 e. The van der Waals surface area contributed by atoms with Gasteiger partial charge >= 0.3 is 6.03 Å². The van der Waals surface area contributed by atoms with E-state index in [9.17, 15) is 9.59 Å². The van der Waals surface area contributed by atoms with Crippen molar-refractivity contribution in [3.63, 3.8) is 0 Å². The summed E-state index contributed by atoms with van der Waals surface area (Å²) in [5.41, 5.74) is 1.07. The fraction of sp³-hybridized carbons (Fsp3) is 0.312. The second kappa shape index (κ2) is 6.51. The molecular formula is C16H18N4O3. The van der Waals surface area contributed by atoms with Gasteiger partial charge in [-0.05, 0) is 19.1 Å². The molecule has 0 atom stereocenters. The molecule has 1 aromatic heterocycles. The number of rotatable bonds is 2. The third-order valence-corrected chi connectivity index (χ3v) is 3.73. The van der Waals surface area contributed by atoms with Gasteiger partial charge in [0.1, 0.15) is 5.76 Å². The Labute approximate surface area is 133 Å². The number of anilines is 1. The molecule has 2 aromatic rings. The number of piperazine rings is 1. The minimum Gasteiger partial charge on any atom is -0.361 e. The Morgan fingerprint density at radius 2 is 1.74 bits per heavy atom. The van der Waals surface area contributed by atoms with Crippen LogP contribution in [0.5, 0.6) is 0 Å². The van der Waals surface area contributed by atoms with Crippen molar-refractivity contribution in [1.82, 2.24) is 15.0 Å². The average Bonchev–Trinajstić information content (AvgIpc) is 3.02. The fourth-order valence-corrected chi connectivity index (χ4v) is 2.47. The number of hydrogen-bond donors (Lipinski definition) is 1. The molecule has 23 heavy (non-hydrogen) atoms. The topological polar surface area (TPSA) is 78.7 Å². The Morgan fingerprint density at radius 3 is 2.35 bits per heavy atom. The predicted octanol–water partition coefficient (Wildman–Crippen LogP) is 1.97. The summed E-state index contributed by atoms with van der Waals surface area (Å²) < 4.78 is 4.93. The number of hydrogen-bond acceptors (Lipinski definition) is 4. The summed E-state index contributed by atoms with van der Waals surface area (Å²) in [5, 5.41) is 6.59. The normalized spacial score (nSPS) is 14.7. The summed E-state index contributed by atoms with van der Waals surface area (Å²) in [4.78, 5) is 27.8. The van der Waals surface area contributed by atoms with Crippen LogP contribution in [0, 0.1) is 6.92 Å². The maximum absolute atomic E-state index is 12.3. The number of benzene rings is 1. The number of nitrogens with one attached hydrogen (secondary N) is 1. The fourth-order valence-electron chi connectivity index (χ4n) is 2.47. The molecule has 120 valence electrons. The summed E-state index contributed by atoms with van der Waals surface area (Å²) in [6.45, 7) is 3.68. The Morgan fingerprint density at radius 1 is 1.09 bits per heavy atom. The maximum Gasteiger partial charge on any atom is 0.321 e. The molecule has 0 bridgehead atoms. The first-order valence-corrected chi connectivity index (χ1v) is 7.47. The first-order valence-electron chi connectivity index (χ1n) is 7.47. The van der Waals surface area contributed by atoms with Gasteiger partial charge in [0, 0.05) is 37.9 Å². The van der Waals surface area contributed by atoms with E-state index in [4.69, 9.17) is 4.52 Å². The molecule has 1 aromatic carbocycles. The number of aryl methyl sites for hydroxylation is 1. The van der Waals surface area contributed by atoms with Gasteiger partial charge < -0.3 is 19.6 Å². The van der Waals surface area contributed by atoms with Gasteiger partial charge in [0.2, 0.25) is 0 Å². The molecule has 0 spiro atoms. The van der Waals surface area contributed by atoms with Crippen LogP contribution in [0.4, 0.5) is 10.5 Å². The van der Waals surface area contributed by atoms with Crippen molar-refractivity contribution >= 4 is 17.6 Å². The van der Waals surface area contributed by atoms with E-state index in [-0.39, 0.29) is 11.9 Å². The number of urea groups is 1. The molecule has 1 fully saturated rings. The summed E-state index contributed by atoms with van der Waals surface area (Å²) in [5.74, 6) is 0.444. The lowest BCUT2D eigenvalue weighted by Gasteiger charge is -2.34. The van der Waals surface area contributed by atoms with Crippen LogP contribution in [0.3, 0.4) is 0 Å². The van der Waals surface area contributed by atoms with E-state index in [1.54, 1.807) is 22.8 Å². The molecule has 0 saturated carbocycles. The van der Waals surface area contributed by atoms with Crippen molar-refractivity contribution in [1.29, 1.82) is 0 Å². The van der Waals surface area contributed by atoms with Crippen LogP contribution in [0.15, 0.2) is 40.9 Å². The number of carbonyl (C=O) groups excluding carboxylic acids is 2. The molecule has 2 heterocycles. The van der Waals surface area contributed by atoms with Crippen molar-refractivity contribution in [2.45, 2.75) is 6.92 Å².